The van der Waals surface area contributed by atoms with Crippen molar-refractivity contribution in [1.82, 2.24) is 53.2 Å². The van der Waals surface area contributed by atoms with Crippen LogP contribution in [0.25, 0.3) is 0 Å². The summed E-state index contributed by atoms with van der Waals surface area (Å²) in [5.74, 6) is -13.3. The molecule has 0 aliphatic rings. The van der Waals surface area contributed by atoms with E-state index in [0.29, 0.717) is 6.42 Å². The van der Waals surface area contributed by atoms with Crippen LogP contribution in [0.2, 0.25) is 0 Å². The number of aliphatic hydroxyl groups is 10. The number of amides is 8. The molecule has 2 radical (unpaired) electrons. The molecule has 0 rings (SSSR count). The molecule has 40 heteroatoms. The maximum Gasteiger partial charge on any atom is 0.337 e. The SMILES string of the molecule is CC(=O)CC(=O)CCCC(=O)CC(=O)NC(O)(O)NC(=O)CC(=O)CCCCNC(O)(O)NC(=O)CC(=O)CCCC(=O)CC(=O)NC(O)(O)NC(=O)CC(=O)CCCCNC(O)(O)NC(=O)CC(=O)CCC[C-]=O.CCCCC(=O)CC(=O)NC(O)(O)N[C-]=O.[Y].[Y]. The van der Waals surface area contributed by atoms with E-state index in [0.717, 1.165) is 12.8 Å². The summed E-state index contributed by atoms with van der Waals surface area (Å²) in [4.78, 5) is 210. The van der Waals surface area contributed by atoms with E-state index in [1.54, 1.807) is 43.5 Å². The van der Waals surface area contributed by atoms with E-state index >= 15 is 0 Å². The number of ketones is 9. The number of hydrogen-bond acceptors (Lipinski definition) is 30. The van der Waals surface area contributed by atoms with Gasteiger partial charge in [0.05, 0.1) is 51.4 Å². The van der Waals surface area contributed by atoms with E-state index < -0.39 is 164 Å². The van der Waals surface area contributed by atoms with Crippen molar-refractivity contribution in [2.75, 3.05) is 13.1 Å². The fourth-order valence-electron chi connectivity index (χ4n) is 7.28. The van der Waals surface area contributed by atoms with Crippen LogP contribution in [0.4, 0.5) is 0 Å². The second-order valence-electron chi connectivity index (χ2n) is 20.4. The maximum absolute atomic E-state index is 12.2. The summed E-state index contributed by atoms with van der Waals surface area (Å²) in [7, 11) is 0. The number of Topliss-reactive ketones (excluding diaryl/α,β-unsaturated/α-hetero) is 9. The van der Waals surface area contributed by atoms with Gasteiger partial charge in [-0.05, 0) is 51.9 Å². The van der Waals surface area contributed by atoms with Crippen LogP contribution in [0.3, 0.4) is 0 Å². The van der Waals surface area contributed by atoms with Gasteiger partial charge < -0.3 is 66.0 Å². The van der Waals surface area contributed by atoms with Gasteiger partial charge in [0.1, 0.15) is 52.0 Å². The Bertz CT molecular complexity index is 2570. The Morgan fingerprint density at radius 2 is 0.548 bits per heavy atom. The first kappa shape index (κ1) is 93.6. The normalized spacial score (nSPS) is 11.2. The van der Waals surface area contributed by atoms with Gasteiger partial charge in [0.2, 0.25) is 41.4 Å². The van der Waals surface area contributed by atoms with Crippen LogP contribution in [0.5, 0.6) is 0 Å². The van der Waals surface area contributed by atoms with Crippen molar-refractivity contribution < 1.29 is 203 Å². The van der Waals surface area contributed by atoms with Crippen LogP contribution < -0.4 is 53.2 Å². The summed E-state index contributed by atoms with van der Waals surface area (Å²) in [5.41, 5.74) is 0. The second-order valence-corrected chi connectivity index (χ2v) is 20.4. The average molecular weight is 1490 g/mol. The van der Waals surface area contributed by atoms with Gasteiger partial charge in [-0.1, -0.05) is 19.8 Å². The molecule has 38 nitrogen and oxygen atoms in total. The standard InChI is InChI=1S/C44H67N8O23.C9H15N2O5.2Y/c1-27(54)20-28(55)13-8-14-33(60)25-39(66)51-43(72,73)49-37(64)22-30(57)11-3-6-18-46-42(70,71)48-36(63)24-32(59)15-9-16-34(61)26-40(67)52-44(74,75)50-38(65)23-29(56)10-2-5-17-45-41(68,69)47-35(62)21-31(58)12-4-7-19-53;1-2-3-4-7(13)5-8(14)11-9(15,16)10-6-12;;/h45-46,68-75H,2-18,20-26H2,1H3,(H,47,62)(H,48,63)(H,49,64)(H,50,65)(H,51,66)(H,52,67);15-16H,2-5H2,1H3,(H,10,12)(H,11,14);;/q2*-1;;. The molecule has 93 heavy (non-hydrogen) atoms. The van der Waals surface area contributed by atoms with Gasteiger partial charge >= 0.3 is 30.2 Å². The number of hydrogen-bond donors (Lipinski definition) is 20. The number of nitrogens with one attached hydrogen (secondary N) is 10. The Balaban J connectivity index is -0.00000192. The van der Waals surface area contributed by atoms with Crippen molar-refractivity contribution in [3.63, 3.8) is 0 Å². The molecule has 0 aromatic carbocycles. The van der Waals surface area contributed by atoms with Gasteiger partial charge in [-0.3, -0.25) is 120 Å². The van der Waals surface area contributed by atoms with E-state index in [9.17, 15) is 127 Å². The van der Waals surface area contributed by atoms with Crippen LogP contribution in [0, 0.1) is 0 Å². The number of carbonyl (C=O) groups is 16. The van der Waals surface area contributed by atoms with E-state index in [-0.39, 0.29) is 192 Å². The van der Waals surface area contributed by atoms with Crippen molar-refractivity contribution in [2.24, 2.45) is 0 Å². The number of unbranched alkanes of at least 4 members (excludes halogenated alkanes) is 4. The Morgan fingerprint density at radius 1 is 0.312 bits per heavy atom. The molecule has 0 heterocycles. The Labute approximate surface area is 582 Å². The van der Waals surface area contributed by atoms with Gasteiger partial charge in [-0.2, -0.15) is 12.8 Å². The van der Waals surface area contributed by atoms with Crippen molar-refractivity contribution in [3.8, 4) is 0 Å². The molecule has 520 valence electrons. The molecule has 0 aromatic rings. The molecule has 8 amide bonds. The Morgan fingerprint density at radius 3 is 0.806 bits per heavy atom. The zero-order chi connectivity index (χ0) is 70.0. The molecule has 0 saturated carbocycles. The number of rotatable bonds is 52. The summed E-state index contributed by atoms with van der Waals surface area (Å²) >= 11 is 0. The zero-order valence-corrected chi connectivity index (χ0v) is 57.0. The zero-order valence-electron chi connectivity index (χ0n) is 51.3. The minimum Gasteiger partial charge on any atom is -0.542 e. The molecule has 20 N–H and O–H groups in total. The first-order valence-electron chi connectivity index (χ1n) is 28.2. The summed E-state index contributed by atoms with van der Waals surface area (Å²) in [5, 5.41) is 114. The van der Waals surface area contributed by atoms with Crippen LogP contribution in [-0.2, 0) is 152 Å². The monoisotopic (exact) mass is 1480 g/mol. The molecule has 0 spiro atoms. The molecular formula is C53H82N10O28Y2-2. The molecule has 0 bridgehead atoms. The predicted molar refractivity (Wildman–Crippen MR) is 300 cm³/mol. The summed E-state index contributed by atoms with van der Waals surface area (Å²) in [6.07, 6.45) is -2.87. The van der Waals surface area contributed by atoms with Crippen molar-refractivity contribution in [1.29, 1.82) is 0 Å². The molecule has 0 atom stereocenters. The van der Waals surface area contributed by atoms with Crippen LogP contribution in [0.15, 0.2) is 0 Å². The van der Waals surface area contributed by atoms with Gasteiger partial charge in [-0.15, -0.1) is 0 Å². The molecule has 0 aliphatic heterocycles. The van der Waals surface area contributed by atoms with E-state index in [1.165, 1.54) is 12.2 Å². The van der Waals surface area contributed by atoms with Gasteiger partial charge in [-0.25, -0.2) is 10.6 Å². The van der Waals surface area contributed by atoms with E-state index in [1.807, 2.05) is 6.92 Å². The van der Waals surface area contributed by atoms with Gasteiger partial charge in [0.15, 0.2) is 0 Å². The van der Waals surface area contributed by atoms with Crippen molar-refractivity contribution in [2.45, 2.75) is 211 Å². The third-order valence-corrected chi connectivity index (χ3v) is 11.2. The summed E-state index contributed by atoms with van der Waals surface area (Å²) in [6.45, 7) is 2.73. The fourth-order valence-corrected chi connectivity index (χ4v) is 7.28. The summed E-state index contributed by atoms with van der Waals surface area (Å²) < 4.78 is 0. The first-order chi connectivity index (χ1) is 42.1. The van der Waals surface area contributed by atoms with E-state index in [4.69, 9.17) is 10.2 Å². The van der Waals surface area contributed by atoms with Gasteiger partial charge in [0.25, 0.3) is 0 Å². The van der Waals surface area contributed by atoms with Crippen LogP contribution >= 0.6 is 0 Å². The van der Waals surface area contributed by atoms with Crippen molar-refractivity contribution in [3.05, 3.63) is 0 Å². The molecule has 0 aromatic heterocycles. The smallest absolute Gasteiger partial charge is 0.337 e. The molecular weight excluding hydrogens is 1400 g/mol. The quantitative estimate of drug-likeness (QED) is 0.00884. The third kappa shape index (κ3) is 56.3. The molecule has 0 saturated heterocycles. The molecule has 0 unspecified atom stereocenters. The first-order valence-corrected chi connectivity index (χ1v) is 28.2. The topological polar surface area (TPSA) is 630 Å². The van der Waals surface area contributed by atoms with Crippen LogP contribution in [0.1, 0.15) is 181 Å². The Hall–Kier alpha value is -5.81. The third-order valence-electron chi connectivity index (χ3n) is 11.2. The van der Waals surface area contributed by atoms with Crippen LogP contribution in [-0.4, -0.2) is 200 Å². The number of carbonyl (C=O) groups excluding carboxylic acids is 18. The second kappa shape index (κ2) is 49.7. The van der Waals surface area contributed by atoms with Gasteiger partial charge in [0, 0.05) is 130 Å². The Kier molecular flexibility index (Phi) is 50.0. The summed E-state index contributed by atoms with van der Waals surface area (Å²) in [6, 6.07) is -15.5. The predicted octanol–water partition coefficient (Wildman–Crippen LogP) is -7.99. The van der Waals surface area contributed by atoms with E-state index in [2.05, 4.69) is 10.6 Å². The maximum atomic E-state index is 12.2. The average Bonchev–Trinajstić information content (AvgIpc) is 1.59. The van der Waals surface area contributed by atoms with Crippen molar-refractivity contribution >= 4 is 106 Å². The molecule has 0 fully saturated rings. The largest absolute Gasteiger partial charge is 0.542 e. The minimum atomic E-state index is -3.40. The minimum absolute atomic E-state index is 0. The fraction of sp³-hybridized carbons (Fsp3) is 0.660. The molecule has 0 aliphatic carbocycles.